The highest BCUT2D eigenvalue weighted by Gasteiger charge is 2.16. The first-order chi connectivity index (χ1) is 15.0. The van der Waals surface area contributed by atoms with Gasteiger partial charge in [-0.15, -0.1) is 0 Å². The summed E-state index contributed by atoms with van der Waals surface area (Å²) in [5, 5.41) is 33.4. The number of nitro benzene ring substituents is 1. The molecule has 3 aromatic carbocycles. The number of aromatic hydroxyl groups is 1. The number of non-ortho nitro benzene ring substituents is 1. The van der Waals surface area contributed by atoms with E-state index in [9.17, 15) is 20.0 Å². The maximum atomic E-state index is 12.1. The molecule has 0 aliphatic rings. The number of amides is 1. The van der Waals surface area contributed by atoms with Crippen LogP contribution in [0.3, 0.4) is 0 Å². The van der Waals surface area contributed by atoms with Gasteiger partial charge in [0.25, 0.3) is 11.6 Å². The van der Waals surface area contributed by atoms with Crippen molar-refractivity contribution < 1.29 is 19.6 Å². The van der Waals surface area contributed by atoms with Gasteiger partial charge in [-0.1, -0.05) is 18.2 Å². The second-order valence-electron chi connectivity index (χ2n) is 6.28. The molecule has 0 fully saturated rings. The molecule has 31 heavy (non-hydrogen) atoms. The molecule has 0 radical (unpaired) electrons. The van der Waals surface area contributed by atoms with E-state index in [2.05, 4.69) is 16.6 Å². The Hall–Kier alpha value is -4.71. The molecule has 9 nitrogen and oxygen atoms in total. The van der Waals surface area contributed by atoms with Crippen LogP contribution in [0.25, 0.3) is 0 Å². The highest BCUT2D eigenvalue weighted by atomic mass is 16.6. The smallest absolute Gasteiger partial charge is 0.275 e. The number of nitrogens with one attached hydrogen (secondary N) is 1. The number of nitrogens with zero attached hydrogens (tertiary/aromatic N) is 3. The predicted molar refractivity (Wildman–Crippen MR) is 112 cm³/mol. The van der Waals surface area contributed by atoms with Gasteiger partial charge in [0.05, 0.1) is 28.3 Å². The summed E-state index contributed by atoms with van der Waals surface area (Å²) >= 11 is 0. The number of rotatable bonds is 7. The van der Waals surface area contributed by atoms with E-state index in [1.165, 1.54) is 6.21 Å². The molecule has 9 heteroatoms. The van der Waals surface area contributed by atoms with Crippen LogP contribution >= 0.6 is 0 Å². The second-order valence-corrected chi connectivity index (χ2v) is 6.28. The number of benzene rings is 3. The minimum atomic E-state index is -0.784. The third kappa shape index (κ3) is 5.42. The number of hydrogen-bond donors (Lipinski definition) is 2. The lowest BCUT2D eigenvalue weighted by Gasteiger charge is -2.07. The van der Waals surface area contributed by atoms with Gasteiger partial charge in [-0.2, -0.15) is 10.4 Å². The zero-order chi connectivity index (χ0) is 22.2. The van der Waals surface area contributed by atoms with Crippen LogP contribution in [0.2, 0.25) is 0 Å². The van der Waals surface area contributed by atoms with Gasteiger partial charge in [0.2, 0.25) is 0 Å². The molecule has 0 saturated heterocycles. The van der Waals surface area contributed by atoms with Crippen LogP contribution in [0.15, 0.2) is 71.8 Å². The molecule has 0 aliphatic carbocycles. The van der Waals surface area contributed by atoms with Crippen LogP contribution in [-0.4, -0.2) is 22.2 Å². The first-order valence-corrected chi connectivity index (χ1v) is 8.99. The Kier molecular flexibility index (Phi) is 6.55. The van der Waals surface area contributed by atoms with Gasteiger partial charge >= 0.3 is 0 Å². The van der Waals surface area contributed by atoms with Crippen molar-refractivity contribution in [3.05, 3.63) is 99.1 Å². The summed E-state index contributed by atoms with van der Waals surface area (Å²) in [6.07, 6.45) is 1.38. The Labute approximate surface area is 177 Å². The van der Waals surface area contributed by atoms with Crippen molar-refractivity contribution >= 4 is 17.8 Å². The van der Waals surface area contributed by atoms with E-state index in [0.29, 0.717) is 16.9 Å². The summed E-state index contributed by atoms with van der Waals surface area (Å²) in [7, 11) is 0. The van der Waals surface area contributed by atoms with Gasteiger partial charge in [0.1, 0.15) is 18.1 Å². The Bertz CT molecular complexity index is 1180. The summed E-state index contributed by atoms with van der Waals surface area (Å²) in [5.41, 5.74) is 3.63. The van der Waals surface area contributed by atoms with E-state index in [1.807, 2.05) is 12.1 Å². The van der Waals surface area contributed by atoms with E-state index < -0.39 is 16.6 Å². The molecule has 3 aromatic rings. The molecule has 0 aliphatic heterocycles. The van der Waals surface area contributed by atoms with Gasteiger partial charge in [-0.3, -0.25) is 14.9 Å². The van der Waals surface area contributed by atoms with Crippen molar-refractivity contribution in [1.82, 2.24) is 5.43 Å². The van der Waals surface area contributed by atoms with Crippen LogP contribution in [0, 0.1) is 21.4 Å². The summed E-state index contributed by atoms with van der Waals surface area (Å²) in [6.45, 7) is 0.250. The minimum Gasteiger partial charge on any atom is -0.507 e. The van der Waals surface area contributed by atoms with Crippen LogP contribution in [0.4, 0.5) is 5.69 Å². The third-order valence-electron chi connectivity index (χ3n) is 4.23. The number of hydrazone groups is 1. The summed E-state index contributed by atoms with van der Waals surface area (Å²) in [5.74, 6) is -0.582. The molecule has 1 amide bonds. The monoisotopic (exact) mass is 416 g/mol. The van der Waals surface area contributed by atoms with Gasteiger partial charge in [0, 0.05) is 17.7 Å². The highest BCUT2D eigenvalue weighted by Crippen LogP contribution is 2.22. The molecular weight excluding hydrogens is 400 g/mol. The largest absolute Gasteiger partial charge is 0.507 e. The average Bonchev–Trinajstić information content (AvgIpc) is 2.78. The summed E-state index contributed by atoms with van der Waals surface area (Å²) in [6, 6.07) is 19.3. The van der Waals surface area contributed by atoms with Crippen LogP contribution in [-0.2, 0) is 6.61 Å². The molecule has 0 saturated carbocycles. The quantitative estimate of drug-likeness (QED) is 0.343. The third-order valence-corrected chi connectivity index (χ3v) is 4.23. The highest BCUT2D eigenvalue weighted by molar-refractivity contribution is 5.98. The van der Waals surface area contributed by atoms with Gasteiger partial charge < -0.3 is 9.84 Å². The predicted octanol–water partition coefficient (Wildman–Crippen LogP) is 3.51. The maximum Gasteiger partial charge on any atom is 0.275 e. The number of ether oxygens (including phenoxy) is 1. The van der Waals surface area contributed by atoms with E-state index in [-0.39, 0.29) is 17.9 Å². The van der Waals surface area contributed by atoms with Crippen molar-refractivity contribution in [1.29, 1.82) is 5.26 Å². The fourth-order valence-corrected chi connectivity index (χ4v) is 2.61. The topological polar surface area (TPSA) is 138 Å². The van der Waals surface area contributed by atoms with Crippen molar-refractivity contribution in [2.24, 2.45) is 5.10 Å². The lowest BCUT2D eigenvalue weighted by molar-refractivity contribution is -0.384. The lowest BCUT2D eigenvalue weighted by atomic mass is 10.1. The van der Waals surface area contributed by atoms with E-state index >= 15 is 0 Å². The number of carbonyl (C=O) groups excluding carboxylic acids is 1. The molecule has 0 atom stereocenters. The number of phenolic OH excluding ortho intramolecular Hbond substituents is 1. The first-order valence-electron chi connectivity index (χ1n) is 8.99. The lowest BCUT2D eigenvalue weighted by Crippen LogP contribution is -2.18. The van der Waals surface area contributed by atoms with Crippen LogP contribution in [0.5, 0.6) is 11.5 Å². The van der Waals surface area contributed by atoms with Gasteiger partial charge in [-0.25, -0.2) is 5.43 Å². The molecule has 0 spiro atoms. The molecular formula is C22H16N4O5. The molecule has 2 N–H and O–H groups in total. The number of nitriles is 1. The fraction of sp³-hybridized carbons (Fsp3) is 0.0455. The molecule has 0 unspecified atom stereocenters. The molecule has 0 heterocycles. The Morgan fingerprint density at radius 3 is 2.65 bits per heavy atom. The number of hydrogen-bond acceptors (Lipinski definition) is 7. The van der Waals surface area contributed by atoms with Crippen LogP contribution in [0.1, 0.15) is 27.0 Å². The number of carbonyl (C=O) groups is 1. The first kappa shape index (κ1) is 21.0. The van der Waals surface area contributed by atoms with E-state index in [4.69, 9.17) is 10.00 Å². The second kappa shape index (κ2) is 9.67. The standard InChI is InChI=1S/C22H16N4O5/c23-12-16-3-1-2-4-17(16)14-31-19-8-5-15(6-9-19)13-24-25-22(28)20-11-18(26(29)30)7-10-21(20)27/h1-11,13,27H,14H2,(H,25,28)/b24-13+. The van der Waals surface area contributed by atoms with Gasteiger partial charge in [-0.05, 0) is 42.0 Å². The van der Waals surface area contributed by atoms with Crippen LogP contribution < -0.4 is 10.2 Å². The molecule has 3 rings (SSSR count). The van der Waals surface area contributed by atoms with E-state index in [1.54, 1.807) is 36.4 Å². The van der Waals surface area contributed by atoms with Crippen molar-refractivity contribution in [3.63, 3.8) is 0 Å². The number of nitro groups is 1. The Morgan fingerprint density at radius 1 is 1.19 bits per heavy atom. The van der Waals surface area contributed by atoms with Crippen molar-refractivity contribution in [2.45, 2.75) is 6.61 Å². The molecule has 154 valence electrons. The molecule has 0 bridgehead atoms. The van der Waals surface area contributed by atoms with Crippen molar-refractivity contribution in [2.75, 3.05) is 0 Å². The zero-order valence-corrected chi connectivity index (χ0v) is 16.1. The SMILES string of the molecule is N#Cc1ccccc1COc1ccc(/C=N/NC(=O)c2cc([N+](=O)[O-])ccc2O)cc1. The Balaban J connectivity index is 1.59. The Morgan fingerprint density at radius 2 is 1.94 bits per heavy atom. The van der Waals surface area contributed by atoms with E-state index in [0.717, 1.165) is 23.8 Å². The summed E-state index contributed by atoms with van der Waals surface area (Å²) in [4.78, 5) is 22.3. The fourth-order valence-electron chi connectivity index (χ4n) is 2.61. The van der Waals surface area contributed by atoms with Gasteiger partial charge in [0.15, 0.2) is 0 Å². The zero-order valence-electron chi connectivity index (χ0n) is 16.1. The average molecular weight is 416 g/mol. The number of phenols is 1. The summed E-state index contributed by atoms with van der Waals surface area (Å²) < 4.78 is 5.69. The van der Waals surface area contributed by atoms with Crippen molar-refractivity contribution in [3.8, 4) is 17.6 Å². The minimum absolute atomic E-state index is 0.250. The molecule has 0 aromatic heterocycles. The maximum absolute atomic E-state index is 12.1. The normalized spacial score (nSPS) is 10.4.